The first-order valence-corrected chi connectivity index (χ1v) is 11.7. The summed E-state index contributed by atoms with van der Waals surface area (Å²) < 4.78 is 24.2. The van der Waals surface area contributed by atoms with Crippen LogP contribution < -0.4 is 9.74 Å². The number of aromatic nitrogens is 3. The lowest BCUT2D eigenvalue weighted by Gasteiger charge is -2.13. The van der Waals surface area contributed by atoms with E-state index in [0.717, 1.165) is 31.2 Å². The fourth-order valence-corrected chi connectivity index (χ4v) is 3.87. The Morgan fingerprint density at radius 3 is 2.75 bits per heavy atom. The molecule has 3 aromatic rings. The Bertz CT molecular complexity index is 1180. The number of rotatable bonds is 10. The second-order valence-electron chi connectivity index (χ2n) is 7.68. The quantitative estimate of drug-likeness (QED) is 0.333. The highest BCUT2D eigenvalue weighted by Crippen LogP contribution is 2.17. The van der Waals surface area contributed by atoms with Crippen molar-refractivity contribution in [2.45, 2.75) is 59.0 Å². The minimum atomic E-state index is -2.27. The molecule has 0 radical (unpaired) electrons. The molecule has 2 atom stereocenters. The Balaban J connectivity index is 1.68. The summed E-state index contributed by atoms with van der Waals surface area (Å²) in [5.74, 6) is -0.339. The van der Waals surface area contributed by atoms with Crippen LogP contribution in [0.25, 0.3) is 10.9 Å². The van der Waals surface area contributed by atoms with Crippen molar-refractivity contribution in [3.8, 4) is 5.75 Å². The number of aryl methyl sites for hydroxylation is 1. The van der Waals surface area contributed by atoms with Gasteiger partial charge in [0, 0.05) is 0 Å². The minimum absolute atomic E-state index is 0.145. The van der Waals surface area contributed by atoms with Gasteiger partial charge in [-0.1, -0.05) is 48.0 Å². The van der Waals surface area contributed by atoms with E-state index in [2.05, 4.69) is 17.2 Å². The van der Waals surface area contributed by atoms with Crippen LogP contribution in [0.4, 0.5) is 0 Å². The van der Waals surface area contributed by atoms with Crippen LogP contribution in [0.2, 0.25) is 0 Å². The van der Waals surface area contributed by atoms with Crippen LogP contribution in [0.15, 0.2) is 47.3 Å². The van der Waals surface area contributed by atoms with Crippen molar-refractivity contribution >= 4 is 28.1 Å². The molecule has 3 rings (SSSR count). The predicted molar refractivity (Wildman–Crippen MR) is 123 cm³/mol. The maximum atomic E-state index is 12.6. The number of benzene rings is 2. The molecule has 32 heavy (non-hydrogen) atoms. The number of ether oxygens (including phenoxy) is 1. The third-order valence-corrected chi connectivity index (χ3v) is 5.80. The number of hydrogen-bond acceptors (Lipinski definition) is 7. The minimum Gasteiger partial charge on any atom is -0.459 e. The Kier molecular flexibility index (Phi) is 8.10. The van der Waals surface area contributed by atoms with E-state index in [-0.39, 0.29) is 17.4 Å². The van der Waals surface area contributed by atoms with Crippen molar-refractivity contribution in [1.82, 2.24) is 14.4 Å². The van der Waals surface area contributed by atoms with E-state index < -0.39 is 22.8 Å². The molecule has 0 aliphatic carbocycles. The molecule has 2 aromatic carbocycles. The van der Waals surface area contributed by atoms with Gasteiger partial charge in [0.25, 0.3) is 5.56 Å². The largest absolute Gasteiger partial charge is 0.459 e. The highest BCUT2D eigenvalue weighted by molar-refractivity contribution is 7.78. The predicted octanol–water partition coefficient (Wildman–Crippen LogP) is 4.12. The Morgan fingerprint density at radius 1 is 1.16 bits per heavy atom. The smallest absolute Gasteiger partial charge is 0.344 e. The summed E-state index contributed by atoms with van der Waals surface area (Å²) in [6.07, 6.45) is 5.04. The van der Waals surface area contributed by atoms with Gasteiger partial charge in [-0.15, -0.1) is 5.10 Å². The van der Waals surface area contributed by atoms with Gasteiger partial charge in [-0.05, 0) is 62.2 Å². The van der Waals surface area contributed by atoms with Gasteiger partial charge in [0.05, 0.1) is 17.1 Å². The van der Waals surface area contributed by atoms with E-state index in [9.17, 15) is 13.8 Å². The van der Waals surface area contributed by atoms with Gasteiger partial charge in [0.2, 0.25) is 0 Å². The van der Waals surface area contributed by atoms with Crippen LogP contribution >= 0.6 is 0 Å². The van der Waals surface area contributed by atoms with E-state index in [4.69, 9.17) is 8.92 Å². The third kappa shape index (κ3) is 6.00. The monoisotopic (exact) mass is 457 g/mol. The van der Waals surface area contributed by atoms with Crippen LogP contribution in [0.3, 0.4) is 0 Å². The molecule has 170 valence electrons. The lowest BCUT2D eigenvalue weighted by atomic mass is 10.1. The lowest BCUT2D eigenvalue weighted by molar-refractivity contribution is 0.0319. The number of fused-ring (bicyclic) bond motifs is 1. The maximum Gasteiger partial charge on any atom is 0.344 e. The van der Waals surface area contributed by atoms with Gasteiger partial charge < -0.3 is 8.92 Å². The number of esters is 1. The summed E-state index contributed by atoms with van der Waals surface area (Å²) in [5.41, 5.74) is 0.964. The van der Waals surface area contributed by atoms with E-state index in [1.165, 1.54) is 18.6 Å². The van der Waals surface area contributed by atoms with Crippen LogP contribution in [-0.2, 0) is 16.0 Å². The van der Waals surface area contributed by atoms with Crippen molar-refractivity contribution in [2.24, 2.45) is 0 Å². The number of unbranched alkanes of at least 4 members (excludes halogenated alkanes) is 3. The number of hydrogen-bond donors (Lipinski definition) is 0. The van der Waals surface area contributed by atoms with Crippen molar-refractivity contribution < 1.29 is 17.9 Å². The molecular weight excluding hydrogens is 430 g/mol. The van der Waals surface area contributed by atoms with Crippen molar-refractivity contribution in [1.29, 1.82) is 0 Å². The number of carbonyl (C=O) groups excluding carboxylic acids is 1. The maximum absolute atomic E-state index is 12.6. The molecule has 0 bridgehead atoms. The van der Waals surface area contributed by atoms with E-state index >= 15 is 0 Å². The zero-order valence-electron chi connectivity index (χ0n) is 18.4. The first-order chi connectivity index (χ1) is 15.4. The number of carbonyl (C=O) groups is 1. The highest BCUT2D eigenvalue weighted by atomic mass is 32.2. The Labute approximate surface area is 189 Å². The van der Waals surface area contributed by atoms with Gasteiger partial charge in [-0.2, -0.15) is 4.21 Å². The molecule has 8 nitrogen and oxygen atoms in total. The first kappa shape index (κ1) is 23.6. The highest BCUT2D eigenvalue weighted by Gasteiger charge is 2.16. The third-order valence-electron chi connectivity index (χ3n) is 4.94. The Morgan fingerprint density at radius 2 is 1.97 bits per heavy atom. The summed E-state index contributed by atoms with van der Waals surface area (Å²) in [5, 5.41) is 7.93. The fraction of sp³-hybridized carbons (Fsp3) is 0.391. The summed E-state index contributed by atoms with van der Waals surface area (Å²) >= 11 is -2.27. The van der Waals surface area contributed by atoms with Crippen LogP contribution in [-0.4, -0.2) is 30.7 Å². The van der Waals surface area contributed by atoms with Crippen LogP contribution in [0, 0.1) is 6.92 Å². The van der Waals surface area contributed by atoms with Gasteiger partial charge >= 0.3 is 17.2 Å². The van der Waals surface area contributed by atoms with E-state index in [1.54, 1.807) is 24.3 Å². The molecule has 1 aromatic heterocycles. The summed E-state index contributed by atoms with van der Waals surface area (Å²) in [7, 11) is 0. The molecule has 0 saturated heterocycles. The molecule has 0 N–H and O–H groups in total. The van der Waals surface area contributed by atoms with E-state index in [0.29, 0.717) is 15.0 Å². The Hall–Kier alpha value is -3.07. The van der Waals surface area contributed by atoms with Crippen LogP contribution in [0.1, 0.15) is 61.9 Å². The van der Waals surface area contributed by atoms with Crippen molar-refractivity contribution in [2.75, 3.05) is 0 Å². The number of nitrogens with zero attached hydrogens (tertiary/aromatic N) is 3. The fourth-order valence-electron chi connectivity index (χ4n) is 3.20. The standard InChI is InChI=1S/C23H27N3O5S/c1-4-5-6-7-9-17(3)30-23(28)18-10-8-11-19(15-18)31-32(29)26-22(27)20-14-16(2)12-13-21(20)24-25-26/h8,10-15,17H,4-7,9H2,1-3H3. The summed E-state index contributed by atoms with van der Waals surface area (Å²) in [4.78, 5) is 25.1. The lowest BCUT2D eigenvalue weighted by Crippen LogP contribution is -2.29. The zero-order valence-corrected chi connectivity index (χ0v) is 19.3. The van der Waals surface area contributed by atoms with Crippen molar-refractivity contribution in [3.63, 3.8) is 0 Å². The van der Waals surface area contributed by atoms with Gasteiger partial charge in [0.1, 0.15) is 11.3 Å². The SMILES string of the molecule is CCCCCCC(C)OC(=O)c1cccc(OS(=O)n2nnc3ccc(C)cc3c2=O)c1. The first-order valence-electron chi connectivity index (χ1n) is 10.7. The van der Waals surface area contributed by atoms with E-state index in [1.807, 2.05) is 19.9 Å². The normalized spacial score (nSPS) is 13.0. The molecule has 0 saturated carbocycles. The molecule has 0 fully saturated rings. The van der Waals surface area contributed by atoms with Crippen molar-refractivity contribution in [3.05, 3.63) is 63.9 Å². The molecule has 0 aliphatic rings. The second kappa shape index (κ2) is 11.0. The summed E-state index contributed by atoms with van der Waals surface area (Å²) in [6, 6.07) is 11.3. The van der Waals surface area contributed by atoms with Crippen LogP contribution in [0.5, 0.6) is 5.75 Å². The molecule has 0 aliphatic heterocycles. The summed E-state index contributed by atoms with van der Waals surface area (Å²) in [6.45, 7) is 5.86. The topological polar surface area (TPSA) is 100 Å². The average molecular weight is 458 g/mol. The second-order valence-corrected chi connectivity index (χ2v) is 8.63. The molecule has 2 unspecified atom stereocenters. The molecule has 9 heteroatoms. The molecule has 0 spiro atoms. The van der Waals surface area contributed by atoms with Gasteiger partial charge in [-0.25, -0.2) is 4.79 Å². The van der Waals surface area contributed by atoms with Gasteiger partial charge in [-0.3, -0.25) is 4.79 Å². The average Bonchev–Trinajstić information content (AvgIpc) is 2.77. The molecule has 0 amide bonds. The van der Waals surface area contributed by atoms with Gasteiger partial charge in [0.15, 0.2) is 0 Å². The molecule has 1 heterocycles. The molecular formula is C23H27N3O5S. The zero-order chi connectivity index (χ0) is 23.1.